The summed E-state index contributed by atoms with van der Waals surface area (Å²) in [5.74, 6) is 1.18. The van der Waals surface area contributed by atoms with Crippen LogP contribution in [0.2, 0.25) is 0 Å². The van der Waals surface area contributed by atoms with Crippen LogP contribution in [0, 0.1) is 12.8 Å². The SMILES string of the molecule is CCCC(CC)N1CC(C)C(=O)N(C)c2cnc(Nc3ccc(C(=O)NC4CCN(CC)CC4)cc3C)nc21. The molecule has 4 rings (SSSR count). The molecule has 1 fully saturated rings. The van der Waals surface area contributed by atoms with E-state index >= 15 is 0 Å². The number of hydrogen-bond donors (Lipinski definition) is 2. The third kappa shape index (κ3) is 6.52. The van der Waals surface area contributed by atoms with Crippen molar-refractivity contribution in [2.45, 2.75) is 78.8 Å². The Labute approximate surface area is 233 Å². The van der Waals surface area contributed by atoms with Gasteiger partial charge in [0.15, 0.2) is 5.82 Å². The van der Waals surface area contributed by atoms with E-state index in [1.165, 1.54) is 0 Å². The van der Waals surface area contributed by atoms with E-state index < -0.39 is 0 Å². The molecule has 3 heterocycles. The molecule has 1 aromatic heterocycles. The molecule has 9 heteroatoms. The molecular formula is C30H45N7O2. The number of likely N-dealkylation sites (tertiary alicyclic amines) is 1. The van der Waals surface area contributed by atoms with Crippen LogP contribution < -0.4 is 20.4 Å². The zero-order chi connectivity index (χ0) is 28.1. The Bertz CT molecular complexity index is 1160. The van der Waals surface area contributed by atoms with Gasteiger partial charge in [0.25, 0.3) is 5.91 Å². The summed E-state index contributed by atoms with van der Waals surface area (Å²) in [5, 5.41) is 6.57. The monoisotopic (exact) mass is 535 g/mol. The van der Waals surface area contributed by atoms with Gasteiger partial charge in [-0.25, -0.2) is 4.98 Å². The topological polar surface area (TPSA) is 93.7 Å². The second-order valence-corrected chi connectivity index (χ2v) is 11.0. The molecule has 2 unspecified atom stereocenters. The van der Waals surface area contributed by atoms with Gasteiger partial charge in [0, 0.05) is 50.0 Å². The molecule has 1 saturated heterocycles. The van der Waals surface area contributed by atoms with Crippen molar-refractivity contribution < 1.29 is 9.59 Å². The van der Waals surface area contributed by atoms with E-state index in [9.17, 15) is 9.59 Å². The summed E-state index contributed by atoms with van der Waals surface area (Å²) in [5.41, 5.74) is 3.18. The van der Waals surface area contributed by atoms with E-state index in [2.05, 4.69) is 46.2 Å². The van der Waals surface area contributed by atoms with Gasteiger partial charge in [-0.2, -0.15) is 4.98 Å². The zero-order valence-corrected chi connectivity index (χ0v) is 24.5. The molecule has 2 N–H and O–H groups in total. The van der Waals surface area contributed by atoms with E-state index in [1.807, 2.05) is 32.0 Å². The number of nitrogens with zero attached hydrogens (tertiary/aromatic N) is 5. The third-order valence-corrected chi connectivity index (χ3v) is 8.25. The molecule has 2 aliphatic rings. The van der Waals surface area contributed by atoms with Gasteiger partial charge in [-0.15, -0.1) is 0 Å². The van der Waals surface area contributed by atoms with Crippen molar-refractivity contribution in [3.8, 4) is 0 Å². The van der Waals surface area contributed by atoms with Crippen LogP contribution in [-0.4, -0.2) is 72.0 Å². The number of carbonyl (C=O) groups is 2. The maximum absolute atomic E-state index is 13.0. The maximum atomic E-state index is 13.0. The van der Waals surface area contributed by atoms with Crippen molar-refractivity contribution in [3.63, 3.8) is 0 Å². The number of anilines is 4. The van der Waals surface area contributed by atoms with Crippen LogP contribution in [-0.2, 0) is 4.79 Å². The number of amides is 2. The minimum atomic E-state index is -0.133. The van der Waals surface area contributed by atoms with E-state index in [-0.39, 0.29) is 23.8 Å². The predicted octanol–water partition coefficient (Wildman–Crippen LogP) is 4.74. The average Bonchev–Trinajstić information content (AvgIpc) is 3.03. The molecule has 39 heavy (non-hydrogen) atoms. The number of hydrogen-bond acceptors (Lipinski definition) is 7. The fourth-order valence-corrected chi connectivity index (χ4v) is 5.75. The molecule has 1 aromatic carbocycles. The zero-order valence-electron chi connectivity index (χ0n) is 24.5. The van der Waals surface area contributed by atoms with Crippen molar-refractivity contribution in [1.29, 1.82) is 0 Å². The number of piperidine rings is 1. The first-order valence-electron chi connectivity index (χ1n) is 14.6. The van der Waals surface area contributed by atoms with E-state index in [0.717, 1.165) is 74.5 Å². The smallest absolute Gasteiger partial charge is 0.251 e. The van der Waals surface area contributed by atoms with Gasteiger partial charge in [-0.3, -0.25) is 9.59 Å². The lowest BCUT2D eigenvalue weighted by Gasteiger charge is -2.33. The lowest BCUT2D eigenvalue weighted by Crippen LogP contribution is -2.44. The highest BCUT2D eigenvalue weighted by Gasteiger charge is 2.33. The first-order chi connectivity index (χ1) is 18.7. The van der Waals surface area contributed by atoms with Gasteiger partial charge in [-0.1, -0.05) is 34.1 Å². The molecule has 0 aliphatic carbocycles. The van der Waals surface area contributed by atoms with Crippen molar-refractivity contribution in [2.75, 3.05) is 48.3 Å². The Morgan fingerprint density at radius 1 is 1.18 bits per heavy atom. The molecular weight excluding hydrogens is 490 g/mol. The summed E-state index contributed by atoms with van der Waals surface area (Å²) in [7, 11) is 1.81. The van der Waals surface area contributed by atoms with Crippen LogP contribution >= 0.6 is 0 Å². The molecule has 2 atom stereocenters. The predicted molar refractivity (Wildman–Crippen MR) is 158 cm³/mol. The Balaban J connectivity index is 1.53. The first-order valence-corrected chi connectivity index (χ1v) is 14.6. The quantitative estimate of drug-likeness (QED) is 0.479. The summed E-state index contributed by atoms with van der Waals surface area (Å²) < 4.78 is 0. The molecule has 0 bridgehead atoms. The number of benzene rings is 1. The summed E-state index contributed by atoms with van der Waals surface area (Å²) >= 11 is 0. The lowest BCUT2D eigenvalue weighted by molar-refractivity contribution is -0.121. The second kappa shape index (κ2) is 12.8. The van der Waals surface area contributed by atoms with Crippen molar-refractivity contribution in [2.24, 2.45) is 5.92 Å². The van der Waals surface area contributed by atoms with E-state index in [4.69, 9.17) is 4.98 Å². The molecule has 0 saturated carbocycles. The summed E-state index contributed by atoms with van der Waals surface area (Å²) in [6, 6.07) is 6.20. The van der Waals surface area contributed by atoms with Crippen LogP contribution in [0.4, 0.5) is 23.1 Å². The fourth-order valence-electron chi connectivity index (χ4n) is 5.75. The summed E-state index contributed by atoms with van der Waals surface area (Å²) in [6.45, 7) is 14.3. The van der Waals surface area contributed by atoms with Gasteiger partial charge >= 0.3 is 0 Å². The lowest BCUT2D eigenvalue weighted by atomic mass is 10.0. The summed E-state index contributed by atoms with van der Waals surface area (Å²) in [6.07, 6.45) is 6.80. The average molecular weight is 536 g/mol. The van der Waals surface area contributed by atoms with Crippen molar-refractivity contribution >= 4 is 35.0 Å². The van der Waals surface area contributed by atoms with Gasteiger partial charge in [0.1, 0.15) is 5.69 Å². The number of fused-ring (bicyclic) bond motifs is 1. The van der Waals surface area contributed by atoms with Gasteiger partial charge in [-0.05, 0) is 62.9 Å². The molecule has 0 radical (unpaired) electrons. The van der Waals surface area contributed by atoms with Crippen LogP contribution in [0.1, 0.15) is 75.7 Å². The Morgan fingerprint density at radius 3 is 2.56 bits per heavy atom. The van der Waals surface area contributed by atoms with Gasteiger partial charge in [0.05, 0.1) is 12.1 Å². The van der Waals surface area contributed by atoms with Crippen molar-refractivity contribution in [1.82, 2.24) is 20.2 Å². The number of aryl methyl sites for hydroxylation is 1. The Hall–Kier alpha value is -3.20. The number of nitrogens with one attached hydrogen (secondary N) is 2. The normalized spacial score (nSPS) is 19.4. The molecule has 9 nitrogen and oxygen atoms in total. The van der Waals surface area contributed by atoms with Gasteiger partial charge in [0.2, 0.25) is 11.9 Å². The Kier molecular flexibility index (Phi) is 9.43. The highest BCUT2D eigenvalue weighted by Crippen LogP contribution is 2.35. The van der Waals surface area contributed by atoms with Crippen LogP contribution in [0.25, 0.3) is 0 Å². The Morgan fingerprint density at radius 2 is 1.92 bits per heavy atom. The minimum absolute atomic E-state index is 0.0279. The number of aromatic nitrogens is 2. The second-order valence-electron chi connectivity index (χ2n) is 11.0. The van der Waals surface area contributed by atoms with Crippen LogP contribution in [0.5, 0.6) is 0 Å². The number of carbonyl (C=O) groups excluding carboxylic acids is 2. The number of rotatable bonds is 9. The maximum Gasteiger partial charge on any atom is 0.251 e. The fraction of sp³-hybridized carbons (Fsp3) is 0.600. The molecule has 2 aliphatic heterocycles. The van der Waals surface area contributed by atoms with Crippen LogP contribution in [0.3, 0.4) is 0 Å². The van der Waals surface area contributed by atoms with Crippen molar-refractivity contribution in [3.05, 3.63) is 35.5 Å². The van der Waals surface area contributed by atoms with Gasteiger partial charge < -0.3 is 25.3 Å². The first kappa shape index (κ1) is 28.8. The standard InChI is InChI=1S/C30H45N7O2/c1-7-10-24(8-2)37-19-21(5)29(39)35(6)26-18-31-30(34-27(26)37)33-25-12-11-22(17-20(25)4)28(38)32-23-13-15-36(9-3)16-14-23/h11-12,17-18,21,23-24H,7-10,13-16,19H2,1-6H3,(H,32,38)(H,31,33,34). The van der Waals surface area contributed by atoms with Crippen LogP contribution in [0.15, 0.2) is 24.4 Å². The molecule has 0 spiro atoms. The van der Waals surface area contributed by atoms with E-state index in [1.54, 1.807) is 18.1 Å². The third-order valence-electron chi connectivity index (χ3n) is 8.25. The van der Waals surface area contributed by atoms with E-state index in [0.29, 0.717) is 24.1 Å². The molecule has 212 valence electrons. The molecule has 2 amide bonds. The summed E-state index contributed by atoms with van der Waals surface area (Å²) in [4.78, 5) is 41.8. The largest absolute Gasteiger partial charge is 0.351 e. The minimum Gasteiger partial charge on any atom is -0.351 e. The highest BCUT2D eigenvalue weighted by atomic mass is 16.2. The molecule has 2 aromatic rings. The highest BCUT2D eigenvalue weighted by molar-refractivity contribution is 5.99.